The number of hydrogen-bond acceptors (Lipinski definition) is 5. The fraction of sp³-hybridized carbons (Fsp3) is 0.222. The second kappa shape index (κ2) is 5.71. The predicted molar refractivity (Wildman–Crippen MR) is 60.5 cm³/mol. The van der Waals surface area contributed by atoms with Gasteiger partial charge in [-0.05, 0) is 12.1 Å². The highest BCUT2D eigenvalue weighted by Gasteiger charge is 2.26. The van der Waals surface area contributed by atoms with Gasteiger partial charge in [0.05, 0.1) is 17.4 Å². The molecular formula is C9H9FN2O6S. The first-order chi connectivity index (χ1) is 8.74. The molecule has 0 aromatic heterocycles. The smallest absolute Gasteiger partial charge is 0.304 e. The Labute approximate surface area is 107 Å². The number of nitrogens with zero attached hydrogens (tertiary/aromatic N) is 1. The van der Waals surface area contributed by atoms with Gasteiger partial charge >= 0.3 is 5.97 Å². The summed E-state index contributed by atoms with van der Waals surface area (Å²) in [6, 6.07) is 1.99. The molecule has 0 heterocycles. The van der Waals surface area contributed by atoms with Gasteiger partial charge < -0.3 is 5.11 Å². The van der Waals surface area contributed by atoms with E-state index in [-0.39, 0.29) is 0 Å². The maximum atomic E-state index is 12.9. The molecule has 0 atom stereocenters. The van der Waals surface area contributed by atoms with Gasteiger partial charge in [0, 0.05) is 6.54 Å². The van der Waals surface area contributed by atoms with Crippen LogP contribution in [0.5, 0.6) is 0 Å². The lowest BCUT2D eigenvalue weighted by molar-refractivity contribution is -0.388. The van der Waals surface area contributed by atoms with Gasteiger partial charge in [0.25, 0.3) is 5.69 Å². The van der Waals surface area contributed by atoms with Crippen molar-refractivity contribution in [1.82, 2.24) is 4.72 Å². The van der Waals surface area contributed by atoms with Gasteiger partial charge in [0.15, 0.2) is 4.90 Å². The number of benzene rings is 1. The van der Waals surface area contributed by atoms with Crippen LogP contribution in [-0.4, -0.2) is 31.0 Å². The number of rotatable bonds is 6. The Kier molecular flexibility index (Phi) is 4.51. The lowest BCUT2D eigenvalue weighted by Gasteiger charge is -2.06. The van der Waals surface area contributed by atoms with Crippen molar-refractivity contribution >= 4 is 21.7 Å². The Hall–Kier alpha value is -2.07. The number of sulfonamides is 1. The van der Waals surface area contributed by atoms with Crippen molar-refractivity contribution in [3.8, 4) is 0 Å². The number of carbonyl (C=O) groups is 1. The Bertz CT molecular complexity index is 615. The van der Waals surface area contributed by atoms with Gasteiger partial charge in [0.1, 0.15) is 5.82 Å². The monoisotopic (exact) mass is 292 g/mol. The van der Waals surface area contributed by atoms with Crippen LogP contribution in [0.2, 0.25) is 0 Å². The molecule has 0 amide bonds. The fourth-order valence-electron chi connectivity index (χ4n) is 1.23. The minimum Gasteiger partial charge on any atom is -0.481 e. The van der Waals surface area contributed by atoms with E-state index in [2.05, 4.69) is 0 Å². The Balaban J connectivity index is 3.07. The average Bonchev–Trinajstić information content (AvgIpc) is 2.27. The number of nitrogens with one attached hydrogen (secondary N) is 1. The van der Waals surface area contributed by atoms with Crippen molar-refractivity contribution < 1.29 is 27.6 Å². The summed E-state index contributed by atoms with van der Waals surface area (Å²) in [5.41, 5.74) is -0.914. The molecule has 0 radical (unpaired) electrons. The maximum Gasteiger partial charge on any atom is 0.304 e. The van der Waals surface area contributed by atoms with Crippen molar-refractivity contribution in [2.75, 3.05) is 6.54 Å². The third-order valence-electron chi connectivity index (χ3n) is 2.04. The minimum atomic E-state index is -4.27. The number of carboxylic acids is 1. The SMILES string of the molecule is O=C(O)CCNS(=O)(=O)c1ccc(F)cc1[N+](=O)[O-]. The van der Waals surface area contributed by atoms with Crippen molar-refractivity contribution in [2.45, 2.75) is 11.3 Å². The van der Waals surface area contributed by atoms with Crippen LogP contribution < -0.4 is 4.72 Å². The molecule has 0 spiro atoms. The lowest BCUT2D eigenvalue weighted by Crippen LogP contribution is -2.27. The van der Waals surface area contributed by atoms with Gasteiger partial charge in [-0.3, -0.25) is 14.9 Å². The number of nitro benzene ring substituents is 1. The normalized spacial score (nSPS) is 11.2. The summed E-state index contributed by atoms with van der Waals surface area (Å²) in [7, 11) is -4.27. The zero-order valence-corrected chi connectivity index (χ0v) is 10.2. The van der Waals surface area contributed by atoms with E-state index < -0.39 is 50.3 Å². The van der Waals surface area contributed by atoms with Crippen molar-refractivity contribution in [3.63, 3.8) is 0 Å². The fourth-order valence-corrected chi connectivity index (χ4v) is 2.41. The molecule has 0 unspecified atom stereocenters. The first kappa shape index (κ1) is 15.0. The molecule has 1 aromatic carbocycles. The molecule has 19 heavy (non-hydrogen) atoms. The van der Waals surface area contributed by atoms with E-state index in [1.54, 1.807) is 0 Å². The Morgan fingerprint density at radius 1 is 1.47 bits per heavy atom. The summed E-state index contributed by atoms with van der Waals surface area (Å²) in [5.74, 6) is -2.17. The Morgan fingerprint density at radius 3 is 2.63 bits per heavy atom. The van der Waals surface area contributed by atoms with Crippen molar-refractivity contribution in [3.05, 3.63) is 34.1 Å². The third-order valence-corrected chi connectivity index (χ3v) is 3.55. The van der Waals surface area contributed by atoms with E-state index in [9.17, 15) is 27.7 Å². The van der Waals surface area contributed by atoms with Crippen LogP contribution in [0.1, 0.15) is 6.42 Å². The molecule has 0 aliphatic carbocycles. The van der Waals surface area contributed by atoms with Crippen LogP contribution in [0, 0.1) is 15.9 Å². The number of halogens is 1. The molecule has 104 valence electrons. The largest absolute Gasteiger partial charge is 0.481 e. The molecule has 8 nitrogen and oxygen atoms in total. The van der Waals surface area contributed by atoms with Crippen LogP contribution in [0.25, 0.3) is 0 Å². The molecule has 1 rings (SSSR count). The summed E-state index contributed by atoms with van der Waals surface area (Å²) < 4.78 is 38.2. The first-order valence-electron chi connectivity index (χ1n) is 4.89. The van der Waals surface area contributed by atoms with Crippen LogP contribution in [-0.2, 0) is 14.8 Å². The molecule has 0 fully saturated rings. The van der Waals surface area contributed by atoms with E-state index in [1.807, 2.05) is 4.72 Å². The molecule has 0 bridgehead atoms. The molecule has 1 aromatic rings. The molecular weight excluding hydrogens is 283 g/mol. The van der Waals surface area contributed by atoms with Crippen molar-refractivity contribution in [1.29, 1.82) is 0 Å². The number of aliphatic carboxylic acids is 1. The van der Waals surface area contributed by atoms with Gasteiger partial charge in [-0.15, -0.1) is 0 Å². The van der Waals surface area contributed by atoms with E-state index in [0.717, 1.165) is 12.1 Å². The van der Waals surface area contributed by atoms with E-state index in [0.29, 0.717) is 6.07 Å². The summed E-state index contributed by atoms with van der Waals surface area (Å²) in [6.07, 6.45) is -0.478. The molecule has 2 N–H and O–H groups in total. The predicted octanol–water partition coefficient (Wildman–Crippen LogP) is 0.487. The highest BCUT2D eigenvalue weighted by molar-refractivity contribution is 7.89. The number of carboxylic acid groups (broad SMARTS) is 1. The van der Waals surface area contributed by atoms with Gasteiger partial charge in [-0.1, -0.05) is 0 Å². The number of nitro groups is 1. The van der Waals surface area contributed by atoms with Crippen LogP contribution in [0.15, 0.2) is 23.1 Å². The van der Waals surface area contributed by atoms with Crippen LogP contribution in [0.3, 0.4) is 0 Å². The second-order valence-corrected chi connectivity index (χ2v) is 5.15. The minimum absolute atomic E-state index is 0.424. The van der Waals surface area contributed by atoms with Crippen molar-refractivity contribution in [2.24, 2.45) is 0 Å². The van der Waals surface area contributed by atoms with E-state index in [4.69, 9.17) is 5.11 Å². The molecule has 0 saturated heterocycles. The molecule has 0 aliphatic rings. The van der Waals surface area contributed by atoms with Gasteiger partial charge in [-0.2, -0.15) is 0 Å². The topological polar surface area (TPSA) is 127 Å². The summed E-state index contributed by atoms with van der Waals surface area (Å²) >= 11 is 0. The first-order valence-corrected chi connectivity index (χ1v) is 6.38. The Morgan fingerprint density at radius 2 is 2.11 bits per heavy atom. The second-order valence-electron chi connectivity index (χ2n) is 3.41. The van der Waals surface area contributed by atoms with E-state index >= 15 is 0 Å². The quantitative estimate of drug-likeness (QED) is 0.580. The standard InChI is InChI=1S/C9H9FN2O6S/c10-6-1-2-8(7(5-6)12(15)16)19(17,18)11-4-3-9(13)14/h1-2,5,11H,3-4H2,(H,13,14). The third kappa shape index (κ3) is 3.96. The van der Waals surface area contributed by atoms with E-state index in [1.165, 1.54) is 0 Å². The maximum absolute atomic E-state index is 12.9. The van der Waals surface area contributed by atoms with Gasteiger partial charge in [0.2, 0.25) is 10.0 Å². The average molecular weight is 292 g/mol. The molecule has 10 heteroatoms. The number of hydrogen-bond donors (Lipinski definition) is 2. The molecule has 0 saturated carbocycles. The van der Waals surface area contributed by atoms with Crippen LogP contribution >= 0.6 is 0 Å². The summed E-state index contributed by atoms with van der Waals surface area (Å²) in [4.78, 5) is 19.2. The van der Waals surface area contributed by atoms with Crippen LogP contribution in [0.4, 0.5) is 10.1 Å². The zero-order valence-electron chi connectivity index (χ0n) is 9.37. The summed E-state index contributed by atoms with van der Waals surface area (Å²) in [5, 5.41) is 19.0. The highest BCUT2D eigenvalue weighted by Crippen LogP contribution is 2.24. The highest BCUT2D eigenvalue weighted by atomic mass is 32.2. The molecule has 0 aliphatic heterocycles. The van der Waals surface area contributed by atoms with Gasteiger partial charge in [-0.25, -0.2) is 17.5 Å². The summed E-state index contributed by atoms with van der Waals surface area (Å²) in [6.45, 7) is -0.424. The lowest BCUT2D eigenvalue weighted by atomic mass is 10.3. The zero-order chi connectivity index (χ0) is 14.6.